The third-order valence-corrected chi connectivity index (χ3v) is 2.19. The van der Waals surface area contributed by atoms with Crippen molar-refractivity contribution in [1.82, 2.24) is 10.9 Å². The van der Waals surface area contributed by atoms with E-state index < -0.39 is 6.09 Å². The molecule has 18 heavy (non-hydrogen) atoms. The summed E-state index contributed by atoms with van der Waals surface area (Å²) in [6.07, 6.45) is -0.642. The number of ether oxygens (including phenoxy) is 1. The quantitative estimate of drug-likeness (QED) is 0.568. The second-order valence-corrected chi connectivity index (χ2v) is 3.80. The van der Waals surface area contributed by atoms with Crippen molar-refractivity contribution in [2.75, 3.05) is 11.9 Å². The van der Waals surface area contributed by atoms with Crippen LogP contribution in [0.1, 0.15) is 12.5 Å². The number of carbonyl (C=O) groups excluding carboxylic acids is 1. The van der Waals surface area contributed by atoms with E-state index in [1.54, 1.807) is 26.0 Å². The summed E-state index contributed by atoms with van der Waals surface area (Å²) in [5, 5.41) is 2.85. The predicted octanol–water partition coefficient (Wildman–Crippen LogP) is 2.08. The first-order valence-electron chi connectivity index (χ1n) is 5.29. The van der Waals surface area contributed by atoms with E-state index in [9.17, 15) is 9.18 Å². The molecule has 0 aliphatic rings. The van der Waals surface area contributed by atoms with Gasteiger partial charge >= 0.3 is 6.09 Å². The van der Waals surface area contributed by atoms with Gasteiger partial charge in [-0.25, -0.2) is 14.6 Å². The van der Waals surface area contributed by atoms with Crippen LogP contribution in [0, 0.1) is 12.7 Å². The number of rotatable bonds is 2. The Morgan fingerprint density at radius 3 is 2.78 bits per heavy atom. The van der Waals surface area contributed by atoms with Gasteiger partial charge in [-0.15, -0.1) is 0 Å². The fraction of sp³-hybridized carbons (Fsp3) is 0.273. The molecule has 0 heterocycles. The Hall–Kier alpha value is -1.89. The molecule has 1 amide bonds. The molecule has 7 heteroatoms. The molecule has 3 N–H and O–H groups in total. The maximum Gasteiger partial charge on any atom is 0.425 e. The second-order valence-electron chi connectivity index (χ2n) is 3.39. The number of hydrazine groups is 1. The molecule has 0 fully saturated rings. The first-order valence-corrected chi connectivity index (χ1v) is 5.69. The third kappa shape index (κ3) is 4.54. The zero-order chi connectivity index (χ0) is 13.5. The molecule has 5 nitrogen and oxygen atoms in total. The van der Waals surface area contributed by atoms with Gasteiger partial charge in [0.05, 0.1) is 6.61 Å². The summed E-state index contributed by atoms with van der Waals surface area (Å²) in [6.45, 7) is 3.61. The van der Waals surface area contributed by atoms with Gasteiger partial charge in [0.15, 0.2) is 5.11 Å². The standard InChI is InChI=1S/C11H14FN3O2S/c1-3-17-11(16)15-14-10(18)13-8-5-4-7(2)9(12)6-8/h4-6H,3H2,1-2H3,(H,15,16)(H2,13,14,18). The normalized spacial score (nSPS) is 9.50. The molecule has 1 rings (SSSR count). The van der Waals surface area contributed by atoms with Crippen molar-refractivity contribution in [3.8, 4) is 0 Å². The molecule has 0 unspecified atom stereocenters. The number of anilines is 1. The average Bonchev–Trinajstić information content (AvgIpc) is 2.32. The van der Waals surface area contributed by atoms with Crippen LogP contribution in [0.3, 0.4) is 0 Å². The Labute approximate surface area is 110 Å². The van der Waals surface area contributed by atoms with Crippen LogP contribution in [-0.2, 0) is 4.74 Å². The predicted molar refractivity (Wildman–Crippen MR) is 70.7 cm³/mol. The van der Waals surface area contributed by atoms with Gasteiger partial charge in [0.25, 0.3) is 0 Å². The lowest BCUT2D eigenvalue weighted by Gasteiger charge is -2.11. The highest BCUT2D eigenvalue weighted by Crippen LogP contribution is 2.13. The molecule has 1 aromatic rings. The van der Waals surface area contributed by atoms with Gasteiger partial charge in [0.2, 0.25) is 0 Å². The average molecular weight is 271 g/mol. The van der Waals surface area contributed by atoms with E-state index in [1.165, 1.54) is 6.07 Å². The van der Waals surface area contributed by atoms with Crippen molar-refractivity contribution in [3.63, 3.8) is 0 Å². The Bertz CT molecular complexity index is 454. The van der Waals surface area contributed by atoms with Crippen molar-refractivity contribution in [2.45, 2.75) is 13.8 Å². The van der Waals surface area contributed by atoms with E-state index in [0.29, 0.717) is 11.3 Å². The summed E-state index contributed by atoms with van der Waals surface area (Å²) in [7, 11) is 0. The van der Waals surface area contributed by atoms with Crippen molar-refractivity contribution in [2.24, 2.45) is 0 Å². The topological polar surface area (TPSA) is 62.4 Å². The third-order valence-electron chi connectivity index (χ3n) is 1.98. The van der Waals surface area contributed by atoms with Gasteiger partial charge in [0.1, 0.15) is 5.82 Å². The highest BCUT2D eigenvalue weighted by atomic mass is 32.1. The summed E-state index contributed by atoms with van der Waals surface area (Å²) >= 11 is 4.90. The monoisotopic (exact) mass is 271 g/mol. The largest absolute Gasteiger partial charge is 0.449 e. The Morgan fingerprint density at radius 1 is 1.44 bits per heavy atom. The van der Waals surface area contributed by atoms with Crippen LogP contribution in [-0.4, -0.2) is 17.8 Å². The fourth-order valence-corrected chi connectivity index (χ4v) is 1.28. The van der Waals surface area contributed by atoms with Crippen LogP contribution >= 0.6 is 12.2 Å². The first kappa shape index (κ1) is 14.2. The van der Waals surface area contributed by atoms with Gasteiger partial charge in [-0.2, -0.15) is 0 Å². The number of halogens is 1. The summed E-state index contributed by atoms with van der Waals surface area (Å²) in [6, 6.07) is 4.61. The van der Waals surface area contributed by atoms with E-state index in [1.807, 2.05) is 0 Å². The van der Waals surface area contributed by atoms with Crippen LogP contribution in [0.15, 0.2) is 18.2 Å². The van der Waals surface area contributed by atoms with E-state index in [4.69, 9.17) is 12.2 Å². The van der Waals surface area contributed by atoms with Gasteiger partial charge in [0, 0.05) is 5.69 Å². The second kappa shape index (κ2) is 6.75. The smallest absolute Gasteiger partial charge is 0.425 e. The van der Waals surface area contributed by atoms with Crippen molar-refractivity contribution < 1.29 is 13.9 Å². The molecule has 0 atom stereocenters. The number of amides is 1. The number of carbonyl (C=O) groups is 1. The van der Waals surface area contributed by atoms with Gasteiger partial charge in [-0.1, -0.05) is 6.07 Å². The van der Waals surface area contributed by atoms with E-state index in [2.05, 4.69) is 20.9 Å². The van der Waals surface area contributed by atoms with Gasteiger partial charge in [-0.05, 0) is 43.8 Å². The zero-order valence-electron chi connectivity index (χ0n) is 10.0. The van der Waals surface area contributed by atoms with Crippen LogP contribution in [0.4, 0.5) is 14.9 Å². The fourth-order valence-electron chi connectivity index (χ4n) is 1.11. The molecule has 98 valence electrons. The number of aryl methyl sites for hydroxylation is 1. The molecular formula is C11H14FN3O2S. The minimum Gasteiger partial charge on any atom is -0.449 e. The molecule has 0 saturated heterocycles. The number of benzene rings is 1. The molecule has 0 aromatic heterocycles. The van der Waals surface area contributed by atoms with Crippen LogP contribution in [0.25, 0.3) is 0 Å². The molecule has 0 aliphatic carbocycles. The Balaban J connectivity index is 2.44. The molecule has 0 radical (unpaired) electrons. The number of thiocarbonyl (C=S) groups is 1. The van der Waals surface area contributed by atoms with Crippen LogP contribution < -0.4 is 16.2 Å². The Kier molecular flexibility index (Phi) is 5.31. The number of nitrogens with one attached hydrogen (secondary N) is 3. The summed E-state index contributed by atoms with van der Waals surface area (Å²) in [4.78, 5) is 11.0. The van der Waals surface area contributed by atoms with Gasteiger partial charge in [-0.3, -0.25) is 5.43 Å². The minimum absolute atomic E-state index is 0.131. The van der Waals surface area contributed by atoms with Crippen molar-refractivity contribution in [1.29, 1.82) is 0 Å². The maximum atomic E-state index is 13.3. The molecule has 0 bridgehead atoms. The van der Waals surface area contributed by atoms with Crippen LogP contribution in [0.2, 0.25) is 0 Å². The van der Waals surface area contributed by atoms with E-state index in [0.717, 1.165) is 0 Å². The lowest BCUT2D eigenvalue weighted by atomic mass is 10.2. The summed E-state index contributed by atoms with van der Waals surface area (Å²) < 4.78 is 17.9. The number of hydrogen-bond acceptors (Lipinski definition) is 3. The molecule has 1 aromatic carbocycles. The van der Waals surface area contributed by atoms with Crippen LogP contribution in [0.5, 0.6) is 0 Å². The highest BCUT2D eigenvalue weighted by molar-refractivity contribution is 7.80. The minimum atomic E-state index is -0.642. The zero-order valence-corrected chi connectivity index (χ0v) is 10.9. The SMILES string of the molecule is CCOC(=O)NNC(=S)Nc1ccc(C)c(F)c1. The summed E-state index contributed by atoms with van der Waals surface area (Å²) in [5.74, 6) is -0.332. The lowest BCUT2D eigenvalue weighted by Crippen LogP contribution is -2.44. The van der Waals surface area contributed by atoms with Crippen molar-refractivity contribution >= 4 is 29.1 Å². The van der Waals surface area contributed by atoms with E-state index in [-0.39, 0.29) is 17.5 Å². The van der Waals surface area contributed by atoms with Crippen molar-refractivity contribution in [3.05, 3.63) is 29.6 Å². The Morgan fingerprint density at radius 2 is 2.17 bits per heavy atom. The molecule has 0 aliphatic heterocycles. The lowest BCUT2D eigenvalue weighted by molar-refractivity contribution is 0.150. The number of hydrogen-bond donors (Lipinski definition) is 3. The molecular weight excluding hydrogens is 257 g/mol. The van der Waals surface area contributed by atoms with E-state index >= 15 is 0 Å². The molecule has 0 spiro atoms. The van der Waals surface area contributed by atoms with Gasteiger partial charge < -0.3 is 10.1 Å². The maximum absolute atomic E-state index is 13.3. The first-order chi connectivity index (χ1) is 8.52. The highest BCUT2D eigenvalue weighted by Gasteiger charge is 2.03. The molecule has 0 saturated carbocycles. The summed E-state index contributed by atoms with van der Waals surface area (Å²) in [5.41, 5.74) is 5.68.